The van der Waals surface area contributed by atoms with E-state index in [1.165, 1.54) is 12.3 Å². The monoisotopic (exact) mass is 278 g/mol. The predicted octanol–water partition coefficient (Wildman–Crippen LogP) is 1.17. The van der Waals surface area contributed by atoms with E-state index in [1.807, 2.05) is 6.92 Å². The molecule has 108 valence electrons. The maximum atomic E-state index is 12.7. The molecule has 1 aliphatic carbocycles. The average molecular weight is 278 g/mol. The Morgan fingerprint density at radius 3 is 2.85 bits per heavy atom. The molecule has 0 radical (unpaired) electrons. The van der Waals surface area contributed by atoms with Crippen LogP contribution in [0.3, 0.4) is 0 Å². The van der Waals surface area contributed by atoms with Crippen molar-refractivity contribution in [3.05, 3.63) is 28.1 Å². The second kappa shape index (κ2) is 4.90. The van der Waals surface area contributed by atoms with Gasteiger partial charge < -0.3 is 14.8 Å². The van der Waals surface area contributed by atoms with Gasteiger partial charge in [-0.2, -0.15) is 0 Å². The molecule has 0 bridgehead atoms. The number of nitrogens with one attached hydrogen (secondary N) is 1. The molecule has 1 aromatic heterocycles. The number of carbonyl (C=O) groups is 1. The zero-order chi connectivity index (χ0) is 14.3. The van der Waals surface area contributed by atoms with Crippen LogP contribution in [-0.2, 0) is 0 Å². The highest BCUT2D eigenvalue weighted by atomic mass is 16.6. The van der Waals surface area contributed by atoms with E-state index in [-0.39, 0.29) is 23.7 Å². The SMILES string of the molecule is C[C@@H]1CNCCN1C(=O)c1cc([N+](=O)[O-])cn1C1CC1. The number of aromatic nitrogens is 1. The first-order valence-corrected chi connectivity index (χ1v) is 6.96. The number of rotatable bonds is 3. The standard InChI is InChI=1S/C13H18N4O3/c1-9-7-14-4-5-15(9)13(18)12-6-11(17(19)20)8-16(12)10-2-3-10/h6,8-10,14H,2-5,7H2,1H3/t9-/m1/s1. The molecule has 0 spiro atoms. The van der Waals surface area contributed by atoms with E-state index in [9.17, 15) is 14.9 Å². The highest BCUT2D eigenvalue weighted by Crippen LogP contribution is 2.38. The summed E-state index contributed by atoms with van der Waals surface area (Å²) in [7, 11) is 0. The van der Waals surface area contributed by atoms with Crippen molar-refractivity contribution in [2.45, 2.75) is 31.8 Å². The predicted molar refractivity (Wildman–Crippen MR) is 72.7 cm³/mol. The van der Waals surface area contributed by atoms with E-state index < -0.39 is 4.92 Å². The molecule has 20 heavy (non-hydrogen) atoms. The van der Waals surface area contributed by atoms with Crippen molar-refractivity contribution in [2.24, 2.45) is 0 Å². The average Bonchev–Trinajstić information content (AvgIpc) is 3.17. The molecule has 1 aliphatic heterocycles. The Morgan fingerprint density at radius 1 is 1.50 bits per heavy atom. The van der Waals surface area contributed by atoms with Crippen LogP contribution in [0.25, 0.3) is 0 Å². The number of carbonyl (C=O) groups excluding carboxylic acids is 1. The minimum Gasteiger partial charge on any atom is -0.334 e. The molecule has 1 atom stereocenters. The maximum Gasteiger partial charge on any atom is 0.287 e. The Kier molecular flexibility index (Phi) is 3.21. The minimum atomic E-state index is -0.434. The molecule has 1 aromatic rings. The van der Waals surface area contributed by atoms with Gasteiger partial charge >= 0.3 is 0 Å². The van der Waals surface area contributed by atoms with Gasteiger partial charge in [0.2, 0.25) is 0 Å². The van der Waals surface area contributed by atoms with Crippen LogP contribution in [0.2, 0.25) is 0 Å². The van der Waals surface area contributed by atoms with Crippen LogP contribution < -0.4 is 5.32 Å². The third kappa shape index (κ3) is 2.29. The summed E-state index contributed by atoms with van der Waals surface area (Å²) in [5.74, 6) is -0.0981. The molecule has 0 aromatic carbocycles. The van der Waals surface area contributed by atoms with E-state index >= 15 is 0 Å². The molecule has 1 amide bonds. The third-order valence-electron chi connectivity index (χ3n) is 3.97. The van der Waals surface area contributed by atoms with Gasteiger partial charge in [-0.15, -0.1) is 0 Å². The molecule has 2 fully saturated rings. The summed E-state index contributed by atoms with van der Waals surface area (Å²) in [6, 6.07) is 1.77. The van der Waals surface area contributed by atoms with Crippen molar-refractivity contribution in [2.75, 3.05) is 19.6 Å². The fraction of sp³-hybridized carbons (Fsp3) is 0.615. The van der Waals surface area contributed by atoms with E-state index in [2.05, 4.69) is 5.32 Å². The first-order chi connectivity index (χ1) is 9.58. The second-order valence-electron chi connectivity index (χ2n) is 5.53. The molecule has 2 aliphatic rings. The van der Waals surface area contributed by atoms with Crippen LogP contribution in [-0.4, -0.2) is 46.0 Å². The smallest absolute Gasteiger partial charge is 0.287 e. The molecule has 1 N–H and O–H groups in total. The molecule has 1 saturated heterocycles. The summed E-state index contributed by atoms with van der Waals surface area (Å²) in [6.07, 6.45) is 3.48. The molecule has 3 rings (SSSR count). The van der Waals surface area contributed by atoms with Crippen molar-refractivity contribution in [3.8, 4) is 0 Å². The zero-order valence-electron chi connectivity index (χ0n) is 11.4. The molecule has 1 saturated carbocycles. The van der Waals surface area contributed by atoms with Gasteiger partial charge in [-0.05, 0) is 19.8 Å². The van der Waals surface area contributed by atoms with Crippen LogP contribution in [0.15, 0.2) is 12.3 Å². The Labute approximate surface area is 116 Å². The van der Waals surface area contributed by atoms with Gasteiger partial charge in [-0.25, -0.2) is 0 Å². The van der Waals surface area contributed by atoms with E-state index in [0.717, 1.165) is 25.9 Å². The lowest BCUT2D eigenvalue weighted by Gasteiger charge is -2.34. The van der Waals surface area contributed by atoms with Gasteiger partial charge in [0.25, 0.3) is 11.6 Å². The molecular formula is C13H18N4O3. The molecule has 2 heterocycles. The van der Waals surface area contributed by atoms with E-state index in [4.69, 9.17) is 0 Å². The highest BCUT2D eigenvalue weighted by molar-refractivity contribution is 5.94. The highest BCUT2D eigenvalue weighted by Gasteiger charge is 2.33. The molecular weight excluding hydrogens is 260 g/mol. The Bertz CT molecular complexity index is 550. The maximum absolute atomic E-state index is 12.7. The quantitative estimate of drug-likeness (QED) is 0.664. The number of nitrogens with zero attached hydrogens (tertiary/aromatic N) is 3. The summed E-state index contributed by atoms with van der Waals surface area (Å²) in [5, 5.41) is 14.2. The zero-order valence-corrected chi connectivity index (χ0v) is 11.4. The molecule has 0 unspecified atom stereocenters. The first kappa shape index (κ1) is 13.1. The van der Waals surface area contributed by atoms with Crippen molar-refractivity contribution < 1.29 is 9.72 Å². The van der Waals surface area contributed by atoms with Crippen LogP contribution in [0.4, 0.5) is 5.69 Å². The van der Waals surface area contributed by atoms with E-state index in [1.54, 1.807) is 9.47 Å². The third-order valence-corrected chi connectivity index (χ3v) is 3.97. The lowest BCUT2D eigenvalue weighted by molar-refractivity contribution is -0.384. The normalized spacial score (nSPS) is 22.9. The summed E-state index contributed by atoms with van der Waals surface area (Å²) in [6.45, 7) is 4.16. The van der Waals surface area contributed by atoms with Crippen molar-refractivity contribution in [3.63, 3.8) is 0 Å². The topological polar surface area (TPSA) is 80.4 Å². The summed E-state index contributed by atoms with van der Waals surface area (Å²) >= 11 is 0. The minimum absolute atomic E-state index is 0.00281. The molecule has 7 heteroatoms. The number of hydrogen-bond donors (Lipinski definition) is 1. The Balaban J connectivity index is 1.91. The van der Waals surface area contributed by atoms with Crippen LogP contribution in [0.1, 0.15) is 36.3 Å². The lowest BCUT2D eigenvalue weighted by atomic mass is 10.2. The van der Waals surface area contributed by atoms with E-state index in [0.29, 0.717) is 12.2 Å². The summed E-state index contributed by atoms with van der Waals surface area (Å²) < 4.78 is 1.79. The largest absolute Gasteiger partial charge is 0.334 e. The van der Waals surface area contributed by atoms with Gasteiger partial charge in [-0.3, -0.25) is 14.9 Å². The number of nitro groups is 1. The molecule has 7 nitrogen and oxygen atoms in total. The number of piperazine rings is 1. The fourth-order valence-corrected chi connectivity index (χ4v) is 2.68. The summed E-state index contributed by atoms with van der Waals surface area (Å²) in [4.78, 5) is 25.0. The van der Waals surface area contributed by atoms with Gasteiger partial charge in [0.05, 0.1) is 11.1 Å². The van der Waals surface area contributed by atoms with Gasteiger partial charge in [0.15, 0.2) is 0 Å². The second-order valence-corrected chi connectivity index (χ2v) is 5.53. The van der Waals surface area contributed by atoms with Crippen LogP contribution in [0, 0.1) is 10.1 Å². The van der Waals surface area contributed by atoms with Gasteiger partial charge in [0.1, 0.15) is 5.69 Å². The van der Waals surface area contributed by atoms with Crippen molar-refractivity contribution in [1.82, 2.24) is 14.8 Å². The van der Waals surface area contributed by atoms with Crippen LogP contribution in [0.5, 0.6) is 0 Å². The number of hydrogen-bond acceptors (Lipinski definition) is 4. The fourth-order valence-electron chi connectivity index (χ4n) is 2.68. The Hall–Kier alpha value is -1.89. The number of amides is 1. The van der Waals surface area contributed by atoms with Crippen LogP contribution >= 0.6 is 0 Å². The first-order valence-electron chi connectivity index (χ1n) is 6.96. The van der Waals surface area contributed by atoms with Crippen molar-refractivity contribution in [1.29, 1.82) is 0 Å². The van der Waals surface area contributed by atoms with Gasteiger partial charge in [0, 0.05) is 37.8 Å². The van der Waals surface area contributed by atoms with Crippen molar-refractivity contribution >= 4 is 11.6 Å². The summed E-state index contributed by atoms with van der Waals surface area (Å²) in [5.41, 5.74) is 0.455. The lowest BCUT2D eigenvalue weighted by Crippen LogP contribution is -2.52. The van der Waals surface area contributed by atoms with Gasteiger partial charge in [-0.1, -0.05) is 0 Å². The Morgan fingerprint density at radius 2 is 2.25 bits per heavy atom.